The number of carbonyl (C=O) groups is 3. The zero-order valence-corrected chi connectivity index (χ0v) is 22.7. The average molecular weight is 523 g/mol. The van der Waals surface area contributed by atoms with Gasteiger partial charge in [-0.25, -0.2) is 0 Å². The normalized spacial score (nSPS) is 15.1. The molecule has 1 aliphatic rings. The molecule has 1 unspecified atom stereocenters. The Hall–Kier alpha value is -3.35. The van der Waals surface area contributed by atoms with Crippen LogP contribution in [-0.4, -0.2) is 55.0 Å². The molecular weight excluding hydrogens is 480 g/mol. The lowest BCUT2D eigenvalue weighted by Gasteiger charge is -2.34. The van der Waals surface area contributed by atoms with E-state index in [1.165, 1.54) is 42.6 Å². The summed E-state index contributed by atoms with van der Waals surface area (Å²) in [6.45, 7) is 3.73. The molecule has 0 spiro atoms. The van der Waals surface area contributed by atoms with Crippen LogP contribution in [0.2, 0.25) is 0 Å². The fourth-order valence-corrected chi connectivity index (χ4v) is 4.62. The second kappa shape index (κ2) is 16.5. The van der Waals surface area contributed by atoms with Crippen molar-refractivity contribution in [2.24, 2.45) is 0 Å². The van der Waals surface area contributed by atoms with E-state index < -0.39 is 12.0 Å². The Bertz CT molecular complexity index is 1010. The van der Waals surface area contributed by atoms with Crippen LogP contribution in [0.15, 0.2) is 54.6 Å². The van der Waals surface area contributed by atoms with Crippen molar-refractivity contribution < 1.29 is 23.9 Å². The number of hydrogen-bond donors (Lipinski definition) is 1. The molecule has 7 nitrogen and oxygen atoms in total. The fourth-order valence-electron chi connectivity index (χ4n) is 4.62. The maximum atomic E-state index is 13.3. The number of benzene rings is 2. The van der Waals surface area contributed by atoms with Crippen LogP contribution in [0.3, 0.4) is 0 Å². The lowest BCUT2D eigenvalue weighted by atomic mass is 10.1. The molecule has 0 saturated carbocycles. The van der Waals surface area contributed by atoms with Crippen molar-refractivity contribution in [1.29, 1.82) is 0 Å². The van der Waals surface area contributed by atoms with Crippen molar-refractivity contribution in [2.75, 3.05) is 26.3 Å². The van der Waals surface area contributed by atoms with E-state index in [0.29, 0.717) is 37.6 Å². The van der Waals surface area contributed by atoms with Gasteiger partial charge in [0.1, 0.15) is 11.8 Å². The number of ether oxygens (including phenoxy) is 2. The van der Waals surface area contributed by atoms with Crippen LogP contribution in [0, 0.1) is 0 Å². The van der Waals surface area contributed by atoms with Gasteiger partial charge in [0.25, 0.3) is 5.91 Å². The van der Waals surface area contributed by atoms with Gasteiger partial charge >= 0.3 is 5.97 Å². The van der Waals surface area contributed by atoms with Gasteiger partial charge in [-0.2, -0.15) is 0 Å². The van der Waals surface area contributed by atoms with Crippen molar-refractivity contribution in [3.8, 4) is 5.75 Å². The van der Waals surface area contributed by atoms with Gasteiger partial charge in [0, 0.05) is 25.1 Å². The first-order chi connectivity index (χ1) is 18.6. The molecule has 206 valence electrons. The highest BCUT2D eigenvalue weighted by molar-refractivity contribution is 5.99. The highest BCUT2D eigenvalue weighted by atomic mass is 16.5. The molecule has 1 heterocycles. The minimum atomic E-state index is -0.884. The Balaban J connectivity index is 1.47. The summed E-state index contributed by atoms with van der Waals surface area (Å²) in [5, 5.41) is 2.77. The average Bonchev–Trinajstić information content (AvgIpc) is 2.93. The molecule has 38 heavy (non-hydrogen) atoms. The van der Waals surface area contributed by atoms with Crippen molar-refractivity contribution in [1.82, 2.24) is 10.2 Å². The van der Waals surface area contributed by atoms with Gasteiger partial charge < -0.3 is 19.7 Å². The predicted molar refractivity (Wildman–Crippen MR) is 148 cm³/mol. The van der Waals surface area contributed by atoms with Gasteiger partial charge in [0.05, 0.1) is 19.6 Å². The topological polar surface area (TPSA) is 84.9 Å². The lowest BCUT2D eigenvalue weighted by molar-refractivity contribution is -0.147. The Morgan fingerprint density at radius 1 is 0.921 bits per heavy atom. The van der Waals surface area contributed by atoms with Crippen LogP contribution < -0.4 is 10.1 Å². The zero-order valence-electron chi connectivity index (χ0n) is 22.7. The van der Waals surface area contributed by atoms with Gasteiger partial charge in [-0.15, -0.1) is 0 Å². The summed E-state index contributed by atoms with van der Waals surface area (Å²) < 4.78 is 11.3. The molecule has 1 saturated heterocycles. The smallest absolute Gasteiger partial charge is 0.308 e. The summed E-state index contributed by atoms with van der Waals surface area (Å²) in [5.41, 5.74) is 1.60. The monoisotopic (exact) mass is 522 g/mol. The minimum absolute atomic E-state index is 0.151. The van der Waals surface area contributed by atoms with Gasteiger partial charge in [0.2, 0.25) is 5.91 Å². The number of amides is 2. The van der Waals surface area contributed by atoms with Crippen LogP contribution in [0.1, 0.15) is 80.6 Å². The molecule has 1 atom stereocenters. The second-order valence-corrected chi connectivity index (χ2v) is 9.82. The van der Waals surface area contributed by atoms with Gasteiger partial charge in [-0.05, 0) is 30.2 Å². The first-order valence-electron chi connectivity index (χ1n) is 14.1. The number of nitrogens with zero attached hydrogens (tertiary/aromatic N) is 1. The third-order valence-corrected chi connectivity index (χ3v) is 6.80. The quantitative estimate of drug-likeness (QED) is 0.238. The number of piperazine rings is 1. The SMILES string of the molecule is CCCCCCCCCCOC(=O)CC1C(=O)NCCN1C(=O)c1cccc(OCCc2ccccc2)c1. The predicted octanol–water partition coefficient (Wildman–Crippen LogP) is 5.32. The van der Waals surface area contributed by atoms with Crippen LogP contribution >= 0.6 is 0 Å². The first kappa shape index (κ1) is 29.2. The van der Waals surface area contributed by atoms with Crippen LogP contribution in [-0.2, 0) is 20.7 Å². The van der Waals surface area contributed by atoms with Crippen LogP contribution in [0.25, 0.3) is 0 Å². The molecule has 0 aromatic heterocycles. The maximum Gasteiger partial charge on any atom is 0.308 e. The second-order valence-electron chi connectivity index (χ2n) is 9.82. The number of esters is 1. The van der Waals surface area contributed by atoms with E-state index in [9.17, 15) is 14.4 Å². The summed E-state index contributed by atoms with van der Waals surface area (Å²) in [7, 11) is 0. The molecule has 3 rings (SSSR count). The van der Waals surface area contributed by atoms with E-state index in [1.807, 2.05) is 36.4 Å². The molecule has 7 heteroatoms. The molecule has 2 amide bonds. The summed E-state index contributed by atoms with van der Waals surface area (Å²) in [5.74, 6) is -0.488. The third-order valence-electron chi connectivity index (χ3n) is 6.80. The van der Waals surface area contributed by atoms with Gasteiger partial charge in [-0.3, -0.25) is 14.4 Å². The van der Waals surface area contributed by atoms with Crippen molar-refractivity contribution in [3.63, 3.8) is 0 Å². The number of nitrogens with one attached hydrogen (secondary N) is 1. The van der Waals surface area contributed by atoms with Crippen molar-refractivity contribution in [2.45, 2.75) is 77.2 Å². The molecule has 1 aliphatic heterocycles. The highest BCUT2D eigenvalue weighted by Gasteiger charge is 2.35. The van der Waals surface area contributed by atoms with E-state index in [1.54, 1.807) is 18.2 Å². The summed E-state index contributed by atoms with van der Waals surface area (Å²) >= 11 is 0. The van der Waals surface area contributed by atoms with Crippen LogP contribution in [0.5, 0.6) is 5.75 Å². The van der Waals surface area contributed by atoms with E-state index >= 15 is 0 Å². The Morgan fingerprint density at radius 2 is 1.66 bits per heavy atom. The van der Waals surface area contributed by atoms with Crippen molar-refractivity contribution in [3.05, 3.63) is 65.7 Å². The molecule has 0 aliphatic carbocycles. The number of carbonyl (C=O) groups excluding carboxylic acids is 3. The number of unbranched alkanes of at least 4 members (excludes halogenated alkanes) is 7. The summed E-state index contributed by atoms with van der Waals surface area (Å²) in [6, 6.07) is 16.1. The molecular formula is C31H42N2O5. The van der Waals surface area contributed by atoms with Crippen LogP contribution in [0.4, 0.5) is 0 Å². The summed E-state index contributed by atoms with van der Waals surface area (Å²) in [6.07, 6.45) is 9.89. The maximum absolute atomic E-state index is 13.3. The minimum Gasteiger partial charge on any atom is -0.493 e. The number of rotatable bonds is 16. The Labute approximate surface area is 226 Å². The molecule has 0 radical (unpaired) electrons. The van der Waals surface area contributed by atoms with Gasteiger partial charge in [-0.1, -0.05) is 88.3 Å². The van der Waals surface area contributed by atoms with E-state index in [-0.39, 0.29) is 18.2 Å². The molecule has 2 aromatic carbocycles. The highest BCUT2D eigenvalue weighted by Crippen LogP contribution is 2.19. The Morgan fingerprint density at radius 3 is 2.42 bits per heavy atom. The molecule has 0 bridgehead atoms. The fraction of sp³-hybridized carbons (Fsp3) is 0.516. The first-order valence-corrected chi connectivity index (χ1v) is 14.1. The standard InChI is InChI=1S/C31H42N2O5/c1-2-3-4-5-6-7-8-12-21-38-29(34)24-28-30(35)32-19-20-33(28)31(36)26-16-13-17-27(23-26)37-22-18-25-14-10-9-11-15-25/h9-11,13-17,23,28H,2-8,12,18-22,24H2,1H3,(H,32,35). The lowest BCUT2D eigenvalue weighted by Crippen LogP contribution is -2.57. The Kier molecular flexibility index (Phi) is 12.7. The summed E-state index contributed by atoms with van der Waals surface area (Å²) in [4.78, 5) is 39.9. The zero-order chi connectivity index (χ0) is 27.0. The largest absolute Gasteiger partial charge is 0.493 e. The molecule has 2 aromatic rings. The van der Waals surface area contributed by atoms with E-state index in [0.717, 1.165) is 25.7 Å². The molecule has 1 fully saturated rings. The van der Waals surface area contributed by atoms with Crippen molar-refractivity contribution >= 4 is 17.8 Å². The van der Waals surface area contributed by atoms with Gasteiger partial charge in [0.15, 0.2) is 0 Å². The van der Waals surface area contributed by atoms with E-state index in [4.69, 9.17) is 9.47 Å². The molecule has 1 N–H and O–H groups in total. The third kappa shape index (κ3) is 9.84. The van der Waals surface area contributed by atoms with E-state index in [2.05, 4.69) is 12.2 Å². The number of hydrogen-bond acceptors (Lipinski definition) is 5.